The number of pyridine rings is 1. The first-order chi connectivity index (χ1) is 20.0. The van der Waals surface area contributed by atoms with Crippen molar-refractivity contribution >= 4 is 17.8 Å². The van der Waals surface area contributed by atoms with Gasteiger partial charge in [-0.1, -0.05) is 30.3 Å². The van der Waals surface area contributed by atoms with E-state index in [4.69, 9.17) is 4.74 Å². The maximum Gasteiger partial charge on any atom is 0.328 e. The smallest absolute Gasteiger partial charge is 0.328 e. The van der Waals surface area contributed by atoms with Crippen LogP contribution in [0.4, 0.5) is 13.2 Å². The van der Waals surface area contributed by atoms with Gasteiger partial charge in [-0.3, -0.25) is 14.4 Å². The molecule has 0 spiro atoms. The number of carboxylic acid groups (broad SMARTS) is 1. The third-order valence-electron chi connectivity index (χ3n) is 7.48. The Labute approximate surface area is 237 Å². The summed E-state index contributed by atoms with van der Waals surface area (Å²) in [5.41, 5.74) is -1.01. The Morgan fingerprint density at radius 3 is 2.48 bits per heavy atom. The number of hydrogen-bond donors (Lipinski definition) is 2. The summed E-state index contributed by atoms with van der Waals surface area (Å²) in [6, 6.07) is 8.73. The zero-order valence-corrected chi connectivity index (χ0v) is 22.4. The van der Waals surface area contributed by atoms with Crippen LogP contribution in [-0.4, -0.2) is 44.9 Å². The van der Waals surface area contributed by atoms with Crippen molar-refractivity contribution in [1.82, 2.24) is 14.8 Å². The van der Waals surface area contributed by atoms with E-state index in [9.17, 15) is 37.5 Å². The lowest BCUT2D eigenvalue weighted by Crippen LogP contribution is -2.48. The summed E-state index contributed by atoms with van der Waals surface area (Å²) < 4.78 is 49.0. The molecule has 218 valence electrons. The monoisotopic (exact) mass is 581 g/mol. The van der Waals surface area contributed by atoms with Crippen molar-refractivity contribution in [3.63, 3.8) is 0 Å². The maximum absolute atomic E-state index is 14.2. The second-order valence-corrected chi connectivity index (χ2v) is 10.2. The van der Waals surface area contributed by atoms with Crippen molar-refractivity contribution in [3.8, 4) is 5.75 Å². The molecule has 2 amide bonds. The number of carboxylic acids is 1. The summed E-state index contributed by atoms with van der Waals surface area (Å²) in [6.07, 6.45) is 3.02. The van der Waals surface area contributed by atoms with Gasteiger partial charge in [0.15, 0.2) is 11.4 Å². The number of aromatic nitrogens is 1. The van der Waals surface area contributed by atoms with Crippen molar-refractivity contribution in [2.75, 3.05) is 6.54 Å². The van der Waals surface area contributed by atoms with E-state index < -0.39 is 70.1 Å². The van der Waals surface area contributed by atoms with Gasteiger partial charge >= 0.3 is 5.97 Å². The van der Waals surface area contributed by atoms with Gasteiger partial charge in [0.05, 0.1) is 6.04 Å². The number of nitrogens with zero attached hydrogens (tertiary/aromatic N) is 2. The lowest BCUT2D eigenvalue weighted by atomic mass is 9.99. The van der Waals surface area contributed by atoms with Crippen molar-refractivity contribution < 1.29 is 37.4 Å². The number of benzene rings is 2. The van der Waals surface area contributed by atoms with Gasteiger partial charge in [0.2, 0.25) is 5.43 Å². The van der Waals surface area contributed by atoms with E-state index in [0.717, 1.165) is 12.3 Å². The topological polar surface area (TPSA) is 118 Å². The van der Waals surface area contributed by atoms with Crippen LogP contribution in [0, 0.1) is 17.5 Å². The second kappa shape index (κ2) is 11.6. The lowest BCUT2D eigenvalue weighted by Gasteiger charge is -2.38. The molecule has 9 nitrogen and oxygen atoms in total. The van der Waals surface area contributed by atoms with Gasteiger partial charge in [-0.15, -0.1) is 0 Å². The van der Waals surface area contributed by atoms with Crippen molar-refractivity contribution in [2.24, 2.45) is 0 Å². The Hall–Kier alpha value is -4.87. The molecule has 2 aromatic carbocycles. The number of nitrogens with one attached hydrogen (secondary N) is 1. The van der Waals surface area contributed by atoms with Gasteiger partial charge in [0, 0.05) is 49.1 Å². The molecular weight excluding hydrogens is 555 g/mol. The maximum atomic E-state index is 14.2. The molecule has 2 aliphatic rings. The van der Waals surface area contributed by atoms with Crippen LogP contribution in [0.25, 0.3) is 0 Å². The van der Waals surface area contributed by atoms with E-state index >= 15 is 0 Å². The third kappa shape index (κ3) is 5.52. The fourth-order valence-electron chi connectivity index (χ4n) is 5.29. The average Bonchev–Trinajstić information content (AvgIpc) is 3.07. The summed E-state index contributed by atoms with van der Waals surface area (Å²) in [7, 11) is 0. The van der Waals surface area contributed by atoms with Crippen LogP contribution in [0.2, 0.25) is 0 Å². The van der Waals surface area contributed by atoms with Gasteiger partial charge in [0.25, 0.3) is 11.8 Å². The van der Waals surface area contributed by atoms with Crippen LogP contribution in [0.5, 0.6) is 5.75 Å². The van der Waals surface area contributed by atoms with Crippen LogP contribution in [0.3, 0.4) is 0 Å². The molecule has 5 rings (SSSR count). The van der Waals surface area contributed by atoms with Gasteiger partial charge in [0.1, 0.15) is 29.6 Å². The molecule has 1 fully saturated rings. The highest BCUT2D eigenvalue weighted by Gasteiger charge is 2.41. The molecular formula is C30H26F3N3O6. The fraction of sp³-hybridized carbons (Fsp3) is 0.267. The number of carbonyl (C=O) groups is 3. The minimum atomic E-state index is -1.22. The number of ether oxygens (including phenoxy) is 1. The van der Waals surface area contributed by atoms with Gasteiger partial charge in [-0.2, -0.15) is 0 Å². The van der Waals surface area contributed by atoms with Crippen molar-refractivity contribution in [3.05, 3.63) is 110 Å². The number of fused-ring (bicyclic) bond motifs is 4. The van der Waals surface area contributed by atoms with Crippen LogP contribution >= 0.6 is 0 Å². The van der Waals surface area contributed by atoms with E-state index in [0.29, 0.717) is 36.1 Å². The van der Waals surface area contributed by atoms with Gasteiger partial charge < -0.3 is 24.6 Å². The molecule has 1 aromatic heterocycles. The summed E-state index contributed by atoms with van der Waals surface area (Å²) in [5.74, 6) is -6.70. The van der Waals surface area contributed by atoms with Crippen molar-refractivity contribution in [1.29, 1.82) is 0 Å². The molecule has 3 aromatic rings. The minimum Gasteiger partial charge on any atom is -0.483 e. The van der Waals surface area contributed by atoms with Crippen LogP contribution < -0.4 is 15.5 Å². The van der Waals surface area contributed by atoms with Gasteiger partial charge in [-0.05, 0) is 30.9 Å². The number of aliphatic carboxylic acids is 1. The Morgan fingerprint density at radius 1 is 1.12 bits per heavy atom. The highest BCUT2D eigenvalue weighted by atomic mass is 19.1. The lowest BCUT2D eigenvalue weighted by molar-refractivity contribution is -0.131. The SMILES string of the molecule is C[C@H]1CC/C(=C/C(=O)O)[C@H]2CN1C(=O)c1c(OCc3ccccc3)c(=O)c(C(=O)NCc3c(F)cc(F)cc3F)cn12. The van der Waals surface area contributed by atoms with Gasteiger partial charge in [-0.25, -0.2) is 18.0 Å². The molecule has 2 aliphatic heterocycles. The van der Waals surface area contributed by atoms with Crippen molar-refractivity contribution in [2.45, 2.75) is 45.0 Å². The van der Waals surface area contributed by atoms with Crippen LogP contribution in [-0.2, 0) is 17.9 Å². The number of hydrogen-bond acceptors (Lipinski definition) is 5. The minimum absolute atomic E-state index is 0.0974. The molecule has 12 heteroatoms. The Morgan fingerprint density at radius 2 is 1.81 bits per heavy atom. The Kier molecular flexibility index (Phi) is 7.88. The molecule has 2 N–H and O–H groups in total. The molecule has 42 heavy (non-hydrogen) atoms. The average molecular weight is 582 g/mol. The van der Waals surface area contributed by atoms with E-state index in [1.807, 2.05) is 6.92 Å². The molecule has 2 bridgehead atoms. The number of amides is 2. The predicted molar refractivity (Wildman–Crippen MR) is 143 cm³/mol. The molecule has 3 heterocycles. The normalized spacial score (nSPS) is 18.8. The summed E-state index contributed by atoms with van der Waals surface area (Å²) in [4.78, 5) is 53.9. The van der Waals surface area contributed by atoms with E-state index in [1.54, 1.807) is 35.2 Å². The Bertz CT molecular complexity index is 1650. The van der Waals surface area contributed by atoms with Crippen LogP contribution in [0.1, 0.15) is 57.8 Å². The number of rotatable bonds is 7. The summed E-state index contributed by atoms with van der Waals surface area (Å²) >= 11 is 0. The summed E-state index contributed by atoms with van der Waals surface area (Å²) in [5, 5.41) is 11.8. The standard InChI is InChI=1S/C30H26F3N3O6/c1-16-7-8-18(9-25(37)38)24-14-35(16)30(41)26-28(42-15-17-5-3-2-4-6-17)27(39)21(13-36(24)26)29(40)34-12-20-22(32)10-19(31)11-23(20)33/h2-6,9-11,13,16,24H,7-8,12,14-15H2,1H3,(H,34,40)(H,37,38)/b18-9-/t16-,24+/m0/s1. The molecule has 0 aliphatic carbocycles. The highest BCUT2D eigenvalue weighted by molar-refractivity contribution is 5.99. The Balaban J connectivity index is 1.61. The molecule has 0 saturated carbocycles. The zero-order chi connectivity index (χ0) is 30.1. The number of carbonyl (C=O) groups excluding carboxylic acids is 2. The molecule has 0 radical (unpaired) electrons. The first kappa shape index (κ1) is 28.7. The van der Waals surface area contributed by atoms with E-state index in [2.05, 4.69) is 5.32 Å². The second-order valence-electron chi connectivity index (χ2n) is 10.2. The first-order valence-corrected chi connectivity index (χ1v) is 13.2. The summed E-state index contributed by atoms with van der Waals surface area (Å²) in [6.45, 7) is 1.11. The zero-order valence-electron chi connectivity index (χ0n) is 22.4. The van der Waals surface area contributed by atoms with E-state index in [-0.39, 0.29) is 24.9 Å². The third-order valence-corrected chi connectivity index (χ3v) is 7.48. The van der Waals surface area contributed by atoms with E-state index in [1.165, 1.54) is 4.57 Å². The quantitative estimate of drug-likeness (QED) is 0.408. The molecule has 2 atom stereocenters. The first-order valence-electron chi connectivity index (χ1n) is 13.2. The molecule has 1 saturated heterocycles. The largest absolute Gasteiger partial charge is 0.483 e. The highest BCUT2D eigenvalue weighted by Crippen LogP contribution is 2.37. The molecule has 0 unspecified atom stereocenters. The van der Waals surface area contributed by atoms with Crippen LogP contribution in [0.15, 0.2) is 65.1 Å². The fourth-order valence-corrected chi connectivity index (χ4v) is 5.29. The predicted octanol–water partition coefficient (Wildman–Crippen LogP) is 3.96. The number of halogens is 3.